The molecule has 0 aliphatic rings. The number of rotatable bonds is 16. The van der Waals surface area contributed by atoms with Crippen LogP contribution in [0.1, 0.15) is 42.1 Å². The monoisotopic (exact) mass is 803 g/mol. The van der Waals surface area contributed by atoms with Crippen molar-refractivity contribution in [3.8, 4) is 11.5 Å². The van der Waals surface area contributed by atoms with Crippen LogP contribution in [0.25, 0.3) is 0 Å². The highest BCUT2D eigenvalue weighted by atomic mass is 32.3. The molecule has 0 amide bonds. The van der Waals surface area contributed by atoms with E-state index in [2.05, 4.69) is 4.18 Å². The molecule has 1 atom stereocenters. The number of hydrogen-bond donors (Lipinski definition) is 1. The summed E-state index contributed by atoms with van der Waals surface area (Å²) in [7, 11) is -27.1. The minimum absolute atomic E-state index is 0.0522. The maximum Gasteiger partial charge on any atom is 0.512 e. The van der Waals surface area contributed by atoms with E-state index in [9.17, 15) is 78.0 Å². The van der Waals surface area contributed by atoms with Gasteiger partial charge in [-0.1, -0.05) is 30.1 Å². The first-order valence-corrected chi connectivity index (χ1v) is 18.6. The van der Waals surface area contributed by atoms with E-state index in [1.807, 2.05) is 13.8 Å². The predicted molar refractivity (Wildman–Crippen MR) is 148 cm³/mol. The number of nitrogens with one attached hydrogen (secondary N) is 1. The third kappa shape index (κ3) is 9.06. The zero-order chi connectivity index (χ0) is 38.1. The van der Waals surface area contributed by atoms with E-state index in [-0.39, 0.29) is 23.8 Å². The second kappa shape index (κ2) is 14.1. The molecule has 0 spiro atoms. The van der Waals surface area contributed by atoms with Gasteiger partial charge in [0, 0.05) is 0 Å². The summed E-state index contributed by atoms with van der Waals surface area (Å²) in [6.07, 6.45) is 0.817. The van der Waals surface area contributed by atoms with Crippen LogP contribution in [-0.2, 0) is 45.0 Å². The van der Waals surface area contributed by atoms with Crippen LogP contribution in [0.4, 0.5) is 39.5 Å². The molecule has 1 N–H and O–H groups in total. The summed E-state index contributed by atoms with van der Waals surface area (Å²) in [4.78, 5) is 12.2. The van der Waals surface area contributed by atoms with Crippen molar-refractivity contribution >= 4 is 46.3 Å². The molecule has 0 heterocycles. The Morgan fingerprint density at radius 1 is 0.714 bits per heavy atom. The zero-order valence-corrected chi connectivity index (χ0v) is 27.5. The predicted octanol–water partition coefficient (Wildman–Crippen LogP) is 4.06. The molecule has 2 aromatic rings. The Balaban J connectivity index is 2.12. The third-order valence-electron chi connectivity index (χ3n) is 6.05. The molecule has 0 radical (unpaired) electrons. The van der Waals surface area contributed by atoms with Gasteiger partial charge in [-0.2, -0.15) is 56.3 Å². The van der Waals surface area contributed by atoms with Gasteiger partial charge in [-0.25, -0.2) is 21.6 Å². The molecule has 2 aromatic carbocycles. The van der Waals surface area contributed by atoms with Crippen LogP contribution in [0.2, 0.25) is 0 Å². The van der Waals surface area contributed by atoms with Crippen molar-refractivity contribution in [3.63, 3.8) is 0 Å². The van der Waals surface area contributed by atoms with E-state index in [1.54, 1.807) is 12.1 Å². The van der Waals surface area contributed by atoms with Gasteiger partial charge in [-0.15, -0.1) is 0 Å². The number of halogens is 9. The first-order chi connectivity index (χ1) is 21.9. The first kappa shape index (κ1) is 41.8. The molecule has 0 saturated heterocycles. The van der Waals surface area contributed by atoms with Crippen molar-refractivity contribution in [2.75, 3.05) is 12.4 Å². The third-order valence-corrected chi connectivity index (χ3v) is 11.8. The van der Waals surface area contributed by atoms with Crippen LogP contribution in [0.5, 0.6) is 11.5 Å². The molecule has 1 unspecified atom stereocenters. The van der Waals surface area contributed by atoms with E-state index < -0.39 is 96.0 Å². The van der Waals surface area contributed by atoms with Crippen molar-refractivity contribution in [2.24, 2.45) is 0 Å². The van der Waals surface area contributed by atoms with Crippen LogP contribution in [0.3, 0.4) is 0 Å². The quantitative estimate of drug-likeness (QED) is 0.146. The number of carbonyl (C=O) groups excluding carboxylic acids is 1. The van der Waals surface area contributed by atoms with Gasteiger partial charge in [-0.3, -0.25) is 0 Å². The molecule has 26 heteroatoms. The maximum atomic E-state index is 14.3. The number of hydrogen-bond acceptors (Lipinski definition) is 12. The molecule has 13 nitrogen and oxygen atoms in total. The molecular weight excluding hydrogens is 781 g/mol. The van der Waals surface area contributed by atoms with E-state index in [1.165, 1.54) is 12.1 Å². The van der Waals surface area contributed by atoms with Crippen molar-refractivity contribution < 1.29 is 91.1 Å². The summed E-state index contributed by atoms with van der Waals surface area (Å²) < 4.78 is 227. The second-order valence-corrected chi connectivity index (χ2v) is 16.5. The minimum atomic E-state index is -7.97. The molecule has 0 aliphatic carbocycles. The summed E-state index contributed by atoms with van der Waals surface area (Å²) in [5.74, 6) is -11.2. The summed E-state index contributed by atoms with van der Waals surface area (Å²) in [6.45, 7) is 3.07. The zero-order valence-electron chi connectivity index (χ0n) is 24.3. The fourth-order valence-corrected chi connectivity index (χ4v) is 7.33. The van der Waals surface area contributed by atoms with Crippen molar-refractivity contribution in [1.82, 2.24) is 4.13 Å². The molecule has 0 aliphatic heterocycles. The number of benzene rings is 2. The Morgan fingerprint density at radius 2 is 1.18 bits per heavy atom. The Labute approximate surface area is 272 Å². The van der Waals surface area contributed by atoms with Crippen LogP contribution in [0.15, 0.2) is 48.5 Å². The molecule has 0 saturated carbocycles. The highest BCUT2D eigenvalue weighted by Crippen LogP contribution is 2.51. The number of ether oxygens (including phenoxy) is 1. The fraction of sp³-hybridized carbons (Fsp3) is 0.435. The largest absolute Gasteiger partial charge is 0.512 e. The van der Waals surface area contributed by atoms with Gasteiger partial charge in [0.05, 0.1) is 5.56 Å². The van der Waals surface area contributed by atoms with Gasteiger partial charge < -0.3 is 13.1 Å². The number of esters is 1. The lowest BCUT2D eigenvalue weighted by atomic mass is 9.99. The molecular formula is C23H22F9NO12S4. The van der Waals surface area contributed by atoms with Crippen LogP contribution >= 0.6 is 0 Å². The van der Waals surface area contributed by atoms with Crippen LogP contribution in [0, 0.1) is 0 Å². The minimum Gasteiger partial charge on any atom is -0.461 e. The molecule has 278 valence electrons. The average molecular weight is 804 g/mol. The molecule has 2 rings (SSSR count). The SMILES string of the molecule is CCC(C)c1ccc(OS(=O)(=O)CCOC(=O)c2ccc(OS(=O)(=O)C(F)(F)C(F)(F)C(F)(F)S(=O)(=O)NS(=O)(=O)C(F)(F)F)cc2)cc1. The lowest BCUT2D eigenvalue weighted by Gasteiger charge is -2.31. The summed E-state index contributed by atoms with van der Waals surface area (Å²) >= 11 is 0. The maximum absolute atomic E-state index is 14.3. The highest BCUT2D eigenvalue weighted by molar-refractivity contribution is 8.05. The second-order valence-electron chi connectivity index (χ2n) is 9.57. The smallest absolute Gasteiger partial charge is 0.461 e. The lowest BCUT2D eigenvalue weighted by molar-refractivity contribution is -0.245. The molecule has 0 aromatic heterocycles. The topological polar surface area (TPSA) is 193 Å². The summed E-state index contributed by atoms with van der Waals surface area (Å²) in [5, 5.41) is -14.8. The van der Waals surface area contributed by atoms with Gasteiger partial charge >= 0.3 is 58.2 Å². The van der Waals surface area contributed by atoms with Crippen LogP contribution < -0.4 is 12.5 Å². The Kier molecular flexibility index (Phi) is 12.0. The van der Waals surface area contributed by atoms with Gasteiger partial charge in [0.15, 0.2) is 0 Å². The Morgan fingerprint density at radius 3 is 1.65 bits per heavy atom. The van der Waals surface area contributed by atoms with E-state index in [4.69, 9.17) is 8.92 Å². The van der Waals surface area contributed by atoms with Crippen molar-refractivity contribution in [3.05, 3.63) is 59.7 Å². The average Bonchev–Trinajstić information content (AvgIpc) is 2.95. The Bertz CT molecular complexity index is 1950. The fourth-order valence-electron chi connectivity index (χ4n) is 3.16. The first-order valence-electron chi connectivity index (χ1n) is 12.7. The standard InChI is InChI=1S/C23H22F9NO12S4/c1-3-14(2)15-4-8-17(9-5-15)44-46(35,36)13-12-43-19(34)16-6-10-18(11-7-16)45-49(41,42)22(28,29)20(24,25)21(26,27)47(37,38)33-48(39,40)23(30,31)32/h4-11,14,33H,3,12-13H2,1-2H3. The molecule has 0 fully saturated rings. The van der Waals surface area contributed by atoms with Gasteiger partial charge in [0.25, 0.3) is 10.0 Å². The lowest BCUT2D eigenvalue weighted by Crippen LogP contribution is -2.64. The van der Waals surface area contributed by atoms with Gasteiger partial charge in [0.2, 0.25) is 0 Å². The van der Waals surface area contributed by atoms with Gasteiger partial charge in [0.1, 0.15) is 23.9 Å². The number of alkyl halides is 9. The highest BCUT2D eigenvalue weighted by Gasteiger charge is 2.83. The molecule has 0 bridgehead atoms. The normalized spacial score (nSPS) is 14.6. The van der Waals surface area contributed by atoms with Crippen LogP contribution in [-0.4, -0.2) is 73.9 Å². The van der Waals surface area contributed by atoms with Gasteiger partial charge in [-0.05, 0) is 54.3 Å². The number of carbonyl (C=O) groups is 1. The van der Waals surface area contributed by atoms with E-state index >= 15 is 0 Å². The van der Waals surface area contributed by atoms with E-state index in [0.717, 1.165) is 12.0 Å². The number of sulfonamides is 2. The summed E-state index contributed by atoms with van der Waals surface area (Å²) in [5.41, 5.74) is -6.39. The van der Waals surface area contributed by atoms with E-state index in [0.29, 0.717) is 12.1 Å². The van der Waals surface area contributed by atoms with Crippen molar-refractivity contribution in [1.29, 1.82) is 0 Å². The summed E-state index contributed by atoms with van der Waals surface area (Å²) in [6, 6.07) is 7.69. The molecule has 49 heavy (non-hydrogen) atoms. The Hall–Kier alpha value is -3.36. The van der Waals surface area contributed by atoms with Crippen molar-refractivity contribution in [2.45, 2.75) is 48.1 Å².